The molecular weight excluding hydrogens is 144 g/mol. The molecule has 3 heteroatoms. The van der Waals surface area contributed by atoms with E-state index in [9.17, 15) is 0 Å². The summed E-state index contributed by atoms with van der Waals surface area (Å²) in [6, 6.07) is 0. The number of ether oxygens (including phenoxy) is 3. The Hall–Kier alpha value is -0.120. The van der Waals surface area contributed by atoms with Gasteiger partial charge in [-0.15, -0.1) is 0 Å². The van der Waals surface area contributed by atoms with Gasteiger partial charge in [0.25, 0.3) is 0 Å². The summed E-state index contributed by atoms with van der Waals surface area (Å²) in [7, 11) is 1.74. The van der Waals surface area contributed by atoms with Crippen molar-refractivity contribution in [1.82, 2.24) is 0 Å². The van der Waals surface area contributed by atoms with E-state index in [-0.39, 0.29) is 18.5 Å². The van der Waals surface area contributed by atoms with E-state index in [0.717, 1.165) is 12.8 Å². The first kappa shape index (κ1) is 7.53. The van der Waals surface area contributed by atoms with E-state index in [1.54, 1.807) is 7.11 Å². The van der Waals surface area contributed by atoms with Gasteiger partial charge in [-0.25, -0.2) is 0 Å². The van der Waals surface area contributed by atoms with E-state index in [2.05, 4.69) is 6.92 Å². The van der Waals surface area contributed by atoms with Crippen molar-refractivity contribution in [2.45, 2.75) is 44.4 Å². The zero-order valence-corrected chi connectivity index (χ0v) is 6.95. The van der Waals surface area contributed by atoms with Gasteiger partial charge < -0.3 is 14.2 Å². The van der Waals surface area contributed by atoms with Crippen molar-refractivity contribution in [3.63, 3.8) is 0 Å². The molecule has 2 aliphatic rings. The van der Waals surface area contributed by atoms with Crippen LogP contribution in [-0.2, 0) is 14.2 Å². The molecule has 0 aliphatic carbocycles. The molecule has 0 bridgehead atoms. The van der Waals surface area contributed by atoms with Gasteiger partial charge in [0.05, 0.1) is 12.2 Å². The monoisotopic (exact) mass is 158 g/mol. The summed E-state index contributed by atoms with van der Waals surface area (Å²) < 4.78 is 16.1. The van der Waals surface area contributed by atoms with E-state index >= 15 is 0 Å². The molecule has 0 saturated carbocycles. The number of hydrogen-bond donors (Lipinski definition) is 0. The second-order valence-electron chi connectivity index (χ2n) is 3.15. The average molecular weight is 158 g/mol. The molecule has 2 rings (SSSR count). The summed E-state index contributed by atoms with van der Waals surface area (Å²) in [6.45, 7) is 2.13. The van der Waals surface area contributed by atoms with Gasteiger partial charge in [0.2, 0.25) is 0 Å². The minimum Gasteiger partial charge on any atom is -0.378 e. The molecule has 0 amide bonds. The third-order valence-electron chi connectivity index (χ3n) is 2.43. The third kappa shape index (κ3) is 1.28. The summed E-state index contributed by atoms with van der Waals surface area (Å²) in [6.07, 6.45) is 2.89. The largest absolute Gasteiger partial charge is 0.378 e. The topological polar surface area (TPSA) is 31.0 Å². The Balaban J connectivity index is 1.92. The Labute approximate surface area is 66.6 Å². The summed E-state index contributed by atoms with van der Waals surface area (Å²) in [5.74, 6) is 0. The van der Waals surface area contributed by atoms with Crippen LogP contribution < -0.4 is 0 Å². The van der Waals surface area contributed by atoms with Crippen molar-refractivity contribution in [3.8, 4) is 0 Å². The van der Waals surface area contributed by atoms with Crippen LogP contribution in [0, 0.1) is 0 Å². The highest BCUT2D eigenvalue weighted by atomic mass is 16.8. The van der Waals surface area contributed by atoms with Crippen LogP contribution in [0.25, 0.3) is 0 Å². The summed E-state index contributed by atoms with van der Waals surface area (Å²) in [4.78, 5) is 0. The molecule has 2 saturated heterocycles. The van der Waals surface area contributed by atoms with Crippen molar-refractivity contribution < 1.29 is 14.2 Å². The number of methoxy groups -OCH3 is 1. The Bertz CT molecular complexity index is 148. The molecule has 11 heavy (non-hydrogen) atoms. The van der Waals surface area contributed by atoms with Crippen molar-refractivity contribution in [3.05, 3.63) is 0 Å². The van der Waals surface area contributed by atoms with Gasteiger partial charge >= 0.3 is 0 Å². The van der Waals surface area contributed by atoms with Gasteiger partial charge in [0.15, 0.2) is 6.29 Å². The lowest BCUT2D eigenvalue weighted by atomic mass is 10.0. The first-order valence-corrected chi connectivity index (χ1v) is 4.19. The molecule has 4 atom stereocenters. The van der Waals surface area contributed by atoms with Crippen LogP contribution in [0.4, 0.5) is 0 Å². The third-order valence-corrected chi connectivity index (χ3v) is 2.43. The first-order valence-electron chi connectivity index (χ1n) is 4.19. The van der Waals surface area contributed by atoms with Gasteiger partial charge in [0, 0.05) is 13.5 Å². The number of epoxide rings is 1. The lowest BCUT2D eigenvalue weighted by Crippen LogP contribution is -2.33. The van der Waals surface area contributed by atoms with Crippen molar-refractivity contribution >= 4 is 0 Å². The minimum absolute atomic E-state index is 0.0404. The van der Waals surface area contributed by atoms with E-state index in [0.29, 0.717) is 6.10 Å². The molecule has 0 N–H and O–H groups in total. The molecule has 2 fully saturated rings. The van der Waals surface area contributed by atoms with Crippen molar-refractivity contribution in [2.24, 2.45) is 0 Å². The lowest BCUT2D eigenvalue weighted by molar-refractivity contribution is -0.0582. The zero-order chi connectivity index (χ0) is 7.84. The number of rotatable bonds is 2. The molecule has 3 nitrogen and oxygen atoms in total. The average Bonchev–Trinajstić information content (AvgIpc) is 2.80. The normalized spacial score (nSPS) is 48.5. The summed E-state index contributed by atoms with van der Waals surface area (Å²) >= 11 is 0. The molecule has 0 aromatic heterocycles. The van der Waals surface area contributed by atoms with Crippen molar-refractivity contribution in [1.29, 1.82) is 0 Å². The van der Waals surface area contributed by atoms with E-state index in [1.165, 1.54) is 0 Å². The van der Waals surface area contributed by atoms with Gasteiger partial charge in [-0.1, -0.05) is 6.92 Å². The lowest BCUT2D eigenvalue weighted by Gasteiger charge is -2.24. The predicted octanol–water partition coefficient (Wildman–Crippen LogP) is 0.925. The summed E-state index contributed by atoms with van der Waals surface area (Å²) in [5, 5.41) is 0. The predicted molar refractivity (Wildman–Crippen MR) is 39.2 cm³/mol. The van der Waals surface area contributed by atoms with Crippen LogP contribution in [0.5, 0.6) is 0 Å². The molecule has 0 aromatic carbocycles. The van der Waals surface area contributed by atoms with Gasteiger partial charge in [-0.3, -0.25) is 0 Å². The van der Waals surface area contributed by atoms with Gasteiger partial charge in [-0.2, -0.15) is 0 Å². The van der Waals surface area contributed by atoms with Crippen LogP contribution in [0.15, 0.2) is 0 Å². The second kappa shape index (κ2) is 2.73. The fourth-order valence-electron chi connectivity index (χ4n) is 1.61. The Morgan fingerprint density at radius 1 is 1.45 bits per heavy atom. The quantitative estimate of drug-likeness (QED) is 0.560. The maximum absolute atomic E-state index is 5.54. The van der Waals surface area contributed by atoms with Crippen LogP contribution in [0.3, 0.4) is 0 Å². The minimum atomic E-state index is 0.0404. The standard InChI is InChI=1S/C8H14O3/c1-3-5-4-6(9-2)7-8(10-5)11-7/h5-8H,3-4H2,1-2H3/t5-,6?,7-,8?/m1/s1. The highest BCUT2D eigenvalue weighted by Gasteiger charge is 2.51. The van der Waals surface area contributed by atoms with Crippen molar-refractivity contribution in [2.75, 3.05) is 7.11 Å². The molecule has 64 valence electrons. The fraction of sp³-hybridized carbons (Fsp3) is 1.00. The smallest absolute Gasteiger partial charge is 0.187 e. The van der Waals surface area contributed by atoms with Gasteiger partial charge in [0.1, 0.15) is 6.10 Å². The summed E-state index contributed by atoms with van der Waals surface area (Å²) in [5.41, 5.74) is 0. The van der Waals surface area contributed by atoms with E-state index in [4.69, 9.17) is 14.2 Å². The first-order chi connectivity index (χ1) is 5.35. The maximum atomic E-state index is 5.54. The highest BCUT2D eigenvalue weighted by molar-refractivity contribution is 4.92. The molecule has 2 unspecified atom stereocenters. The van der Waals surface area contributed by atoms with Crippen LogP contribution in [0.2, 0.25) is 0 Å². The maximum Gasteiger partial charge on any atom is 0.187 e. The molecule has 2 heterocycles. The second-order valence-corrected chi connectivity index (χ2v) is 3.15. The molecule has 0 aromatic rings. The fourth-order valence-corrected chi connectivity index (χ4v) is 1.61. The SMILES string of the molecule is CC[C@@H]1CC(OC)[C@H]2OC2O1. The Morgan fingerprint density at radius 2 is 2.27 bits per heavy atom. The number of hydrogen-bond acceptors (Lipinski definition) is 3. The number of fused-ring (bicyclic) bond motifs is 1. The zero-order valence-electron chi connectivity index (χ0n) is 6.95. The Kier molecular flexibility index (Phi) is 1.87. The van der Waals surface area contributed by atoms with Crippen LogP contribution in [0.1, 0.15) is 19.8 Å². The highest BCUT2D eigenvalue weighted by Crippen LogP contribution is 2.37. The molecular formula is C8H14O3. The molecule has 2 aliphatic heterocycles. The van der Waals surface area contributed by atoms with Gasteiger partial charge in [-0.05, 0) is 6.42 Å². The van der Waals surface area contributed by atoms with Crippen LogP contribution in [-0.4, -0.2) is 31.7 Å². The molecule has 0 radical (unpaired) electrons. The van der Waals surface area contributed by atoms with Crippen LogP contribution >= 0.6 is 0 Å². The van der Waals surface area contributed by atoms with E-state index < -0.39 is 0 Å². The Morgan fingerprint density at radius 3 is 2.91 bits per heavy atom. The van der Waals surface area contributed by atoms with E-state index in [1.807, 2.05) is 0 Å². The molecule has 0 spiro atoms.